The van der Waals surface area contributed by atoms with Crippen LogP contribution in [0, 0.1) is 5.41 Å². The van der Waals surface area contributed by atoms with Crippen molar-refractivity contribution in [1.82, 2.24) is 9.21 Å². The van der Waals surface area contributed by atoms with Crippen molar-refractivity contribution in [2.45, 2.75) is 11.8 Å². The number of ether oxygens (including phenoxy) is 1. The standard InChI is InChI=1S/C24H27N5O3S/c1-28(15-18-8-11-21(32-2)12-9-18)33(30,31)22-16-29(17-22)23-13-10-19(24(25)27-23)14-26-20-6-4-3-5-7-20/h3-14,22,25-26H,15-17H2,1-2H3/p+1/b19-14-,25-24?. The molecule has 2 aliphatic heterocycles. The summed E-state index contributed by atoms with van der Waals surface area (Å²) in [5, 5.41) is 9.69. The van der Waals surface area contributed by atoms with Crippen molar-refractivity contribution >= 4 is 27.4 Å². The fourth-order valence-electron chi connectivity index (χ4n) is 3.67. The monoisotopic (exact) mass is 466 g/mol. The fraction of sp³-hybridized carbons (Fsp3) is 0.250. The lowest BCUT2D eigenvalue weighted by Gasteiger charge is -2.41. The molecule has 33 heavy (non-hydrogen) atoms. The quantitative estimate of drug-likeness (QED) is 0.608. The van der Waals surface area contributed by atoms with E-state index in [1.54, 1.807) is 14.2 Å². The number of aliphatic imine (C=N–C) groups is 1. The third kappa shape index (κ3) is 5.22. The first kappa shape index (κ1) is 22.9. The number of hydrogen-bond acceptors (Lipinski definition) is 5. The summed E-state index contributed by atoms with van der Waals surface area (Å²) in [5.74, 6) is 1.53. The highest BCUT2D eigenvalue weighted by Gasteiger charge is 2.41. The number of sulfonamides is 1. The smallest absolute Gasteiger partial charge is 0.220 e. The molecule has 0 aromatic heterocycles. The molecule has 3 N–H and O–H groups in total. The van der Waals surface area contributed by atoms with Gasteiger partial charge < -0.3 is 9.64 Å². The molecule has 0 amide bonds. The maximum atomic E-state index is 13.0. The van der Waals surface area contributed by atoms with Gasteiger partial charge in [-0.25, -0.2) is 17.7 Å². The normalized spacial score (nSPS) is 17.9. The number of nitrogens with zero attached hydrogens (tertiary/aromatic N) is 3. The number of hydrogen-bond donors (Lipinski definition) is 2. The Kier molecular flexibility index (Phi) is 6.73. The van der Waals surface area contributed by atoms with Crippen LogP contribution in [-0.4, -0.2) is 61.8 Å². The van der Waals surface area contributed by atoms with Crippen molar-refractivity contribution in [3.8, 4) is 5.75 Å². The molecule has 2 aliphatic rings. The van der Waals surface area contributed by atoms with Crippen LogP contribution >= 0.6 is 0 Å². The molecule has 1 saturated heterocycles. The molecule has 0 bridgehead atoms. The molecule has 0 aliphatic carbocycles. The molecule has 0 radical (unpaired) electrons. The molecule has 0 spiro atoms. The van der Waals surface area contributed by atoms with Gasteiger partial charge >= 0.3 is 0 Å². The summed E-state index contributed by atoms with van der Waals surface area (Å²) in [7, 11) is -0.234. The first-order valence-electron chi connectivity index (χ1n) is 10.7. The first-order chi connectivity index (χ1) is 15.9. The third-order valence-electron chi connectivity index (χ3n) is 5.76. The van der Waals surface area contributed by atoms with Crippen molar-refractivity contribution in [2.24, 2.45) is 4.99 Å². The molecule has 0 unspecified atom stereocenters. The number of dihydropyridines is 1. The Morgan fingerprint density at radius 3 is 2.48 bits per heavy atom. The maximum absolute atomic E-state index is 13.0. The minimum absolute atomic E-state index is 0.169. The summed E-state index contributed by atoms with van der Waals surface area (Å²) in [6, 6.07) is 17.3. The van der Waals surface area contributed by atoms with Crippen LogP contribution in [0.1, 0.15) is 5.56 Å². The number of amidine groups is 2. The Morgan fingerprint density at radius 1 is 1.15 bits per heavy atom. The second kappa shape index (κ2) is 9.70. The van der Waals surface area contributed by atoms with Crippen molar-refractivity contribution in [3.05, 3.63) is 84.1 Å². The summed E-state index contributed by atoms with van der Waals surface area (Å²) < 4.78 is 32.5. The highest BCUT2D eigenvalue weighted by molar-refractivity contribution is 7.89. The van der Waals surface area contributed by atoms with E-state index in [4.69, 9.17) is 10.1 Å². The highest BCUT2D eigenvalue weighted by Crippen LogP contribution is 2.23. The molecule has 0 atom stereocenters. The number of likely N-dealkylation sites (tertiary alicyclic amines) is 1. The summed E-state index contributed by atoms with van der Waals surface area (Å²) in [4.78, 5) is 6.27. The fourth-order valence-corrected chi connectivity index (χ4v) is 5.24. The van der Waals surface area contributed by atoms with Gasteiger partial charge in [-0.2, -0.15) is 0 Å². The Labute approximate surface area is 194 Å². The predicted molar refractivity (Wildman–Crippen MR) is 129 cm³/mol. The number of rotatable bonds is 7. The number of nitrogens with two attached hydrogens (primary N) is 1. The van der Waals surface area contributed by atoms with Crippen molar-refractivity contribution < 1.29 is 18.5 Å². The van der Waals surface area contributed by atoms with Gasteiger partial charge in [0.25, 0.3) is 0 Å². The van der Waals surface area contributed by atoms with E-state index < -0.39 is 15.3 Å². The van der Waals surface area contributed by atoms with Crippen LogP contribution in [0.3, 0.4) is 0 Å². The van der Waals surface area contributed by atoms with E-state index in [1.807, 2.05) is 83.2 Å². The highest BCUT2D eigenvalue weighted by atomic mass is 32.2. The van der Waals surface area contributed by atoms with E-state index in [-0.39, 0.29) is 5.84 Å². The second-order valence-electron chi connectivity index (χ2n) is 8.03. The molecule has 9 heteroatoms. The SMILES string of the molecule is COc1ccc(CN(C)S(=O)(=O)C2CN(C3=NC(=N)/C(=C\[NH2+]c4ccccc4)C=C3)C2)cc1. The Bertz CT molecular complexity index is 1200. The maximum Gasteiger partial charge on any atom is 0.220 e. The van der Waals surface area contributed by atoms with Gasteiger partial charge in [-0.05, 0) is 42.0 Å². The molecule has 0 saturated carbocycles. The van der Waals surface area contributed by atoms with Crippen LogP contribution in [-0.2, 0) is 16.6 Å². The van der Waals surface area contributed by atoms with Gasteiger partial charge in [0.2, 0.25) is 10.0 Å². The number of quaternary nitrogens is 1. The van der Waals surface area contributed by atoms with E-state index in [9.17, 15) is 8.42 Å². The summed E-state index contributed by atoms with van der Waals surface area (Å²) in [6.45, 7) is 1.03. The molecular formula is C24H28N5O3S+. The van der Waals surface area contributed by atoms with Gasteiger partial charge in [0.05, 0.1) is 12.7 Å². The largest absolute Gasteiger partial charge is 0.497 e. The average molecular weight is 467 g/mol. The van der Waals surface area contributed by atoms with E-state index in [1.165, 1.54) is 4.31 Å². The summed E-state index contributed by atoms with van der Waals surface area (Å²) in [5.41, 5.74) is 2.67. The number of methoxy groups -OCH3 is 1. The second-order valence-corrected chi connectivity index (χ2v) is 10.3. The zero-order valence-electron chi connectivity index (χ0n) is 18.7. The molecule has 8 nitrogen and oxygen atoms in total. The Hall–Kier alpha value is -3.27. The van der Waals surface area contributed by atoms with Gasteiger partial charge in [-0.15, -0.1) is 0 Å². The summed E-state index contributed by atoms with van der Waals surface area (Å²) in [6.07, 6.45) is 5.56. The van der Waals surface area contributed by atoms with Gasteiger partial charge in [-0.3, -0.25) is 10.7 Å². The topological polar surface area (TPSA) is 103 Å². The van der Waals surface area contributed by atoms with Gasteiger partial charge in [0.15, 0.2) is 5.84 Å². The molecule has 2 aromatic carbocycles. The molecule has 172 valence electrons. The van der Waals surface area contributed by atoms with Crippen molar-refractivity contribution in [1.29, 1.82) is 5.41 Å². The van der Waals surface area contributed by atoms with Crippen molar-refractivity contribution in [2.75, 3.05) is 27.2 Å². The average Bonchev–Trinajstić information content (AvgIpc) is 2.78. The van der Waals surface area contributed by atoms with Gasteiger partial charge in [-0.1, -0.05) is 30.3 Å². The van der Waals surface area contributed by atoms with E-state index in [2.05, 4.69) is 4.99 Å². The predicted octanol–water partition coefficient (Wildman–Crippen LogP) is 1.87. The van der Waals surface area contributed by atoms with Gasteiger partial charge in [0, 0.05) is 26.7 Å². The molecule has 1 fully saturated rings. The lowest BCUT2D eigenvalue weighted by molar-refractivity contribution is -0.496. The Morgan fingerprint density at radius 2 is 1.85 bits per heavy atom. The minimum Gasteiger partial charge on any atom is -0.497 e. The van der Waals surface area contributed by atoms with Crippen LogP contribution in [0.25, 0.3) is 0 Å². The van der Waals surface area contributed by atoms with E-state index in [0.717, 1.165) is 17.0 Å². The Balaban J connectivity index is 1.32. The third-order valence-corrected chi connectivity index (χ3v) is 7.90. The lowest BCUT2D eigenvalue weighted by Crippen LogP contribution is -2.71. The van der Waals surface area contributed by atoms with E-state index >= 15 is 0 Å². The first-order valence-corrected chi connectivity index (χ1v) is 12.2. The zero-order valence-corrected chi connectivity index (χ0v) is 19.5. The molecule has 2 aromatic rings. The van der Waals surface area contributed by atoms with Crippen molar-refractivity contribution in [3.63, 3.8) is 0 Å². The molecule has 2 heterocycles. The summed E-state index contributed by atoms with van der Waals surface area (Å²) >= 11 is 0. The van der Waals surface area contributed by atoms with Gasteiger partial charge in [0.1, 0.15) is 28.7 Å². The minimum atomic E-state index is -3.44. The zero-order chi connectivity index (χ0) is 23.4. The number of para-hydroxylation sites is 1. The molecule has 4 rings (SSSR count). The van der Waals surface area contributed by atoms with Crippen LogP contribution in [0.2, 0.25) is 0 Å². The number of nitrogens with one attached hydrogen (secondary N) is 1. The van der Waals surface area contributed by atoms with Crippen LogP contribution in [0.4, 0.5) is 5.69 Å². The van der Waals surface area contributed by atoms with Crippen LogP contribution in [0.15, 0.2) is 83.5 Å². The van der Waals surface area contributed by atoms with E-state index in [0.29, 0.717) is 31.0 Å². The van der Waals surface area contributed by atoms with Crippen LogP contribution < -0.4 is 10.1 Å². The molecular weight excluding hydrogens is 438 g/mol. The lowest BCUT2D eigenvalue weighted by atomic mass is 10.1. The van der Waals surface area contributed by atoms with Crippen LogP contribution in [0.5, 0.6) is 5.75 Å². The number of benzene rings is 2.